The van der Waals surface area contributed by atoms with Crippen LogP contribution in [0.1, 0.15) is 0 Å². The van der Waals surface area contributed by atoms with Crippen molar-refractivity contribution in [1.29, 1.82) is 0 Å². The summed E-state index contributed by atoms with van der Waals surface area (Å²) in [7, 11) is 0. The number of nitrogens with two attached hydrogens (primary N) is 1. The number of nitrogen functional groups attached to an aromatic ring is 1. The maximum atomic E-state index is 5.93. The van der Waals surface area contributed by atoms with E-state index in [0.717, 1.165) is 32.9 Å². The van der Waals surface area contributed by atoms with Gasteiger partial charge in [0.1, 0.15) is 5.69 Å². The first-order valence-electron chi connectivity index (χ1n) is 6.69. The molecule has 100 valence electrons. The van der Waals surface area contributed by atoms with Crippen molar-refractivity contribution in [2.75, 3.05) is 5.73 Å². The zero-order valence-corrected chi connectivity index (χ0v) is 11.2. The Balaban J connectivity index is 2.13. The molecule has 4 heteroatoms. The van der Waals surface area contributed by atoms with Crippen LogP contribution in [-0.2, 0) is 0 Å². The number of fused-ring (bicyclic) bond motifs is 2. The Morgan fingerprint density at radius 2 is 1.52 bits per heavy atom. The number of hydrogen-bond donors (Lipinski definition) is 1. The molecule has 0 aliphatic rings. The monoisotopic (exact) mass is 272 g/mol. The summed E-state index contributed by atoms with van der Waals surface area (Å²) < 4.78 is 0. The van der Waals surface area contributed by atoms with Crippen LogP contribution >= 0.6 is 0 Å². The quantitative estimate of drug-likeness (QED) is 0.576. The van der Waals surface area contributed by atoms with Gasteiger partial charge in [0.05, 0.1) is 5.52 Å². The molecule has 0 spiro atoms. The SMILES string of the molecule is Nc1nnc(-c2cccc3ncccc23)c2ccccc12. The molecule has 0 radical (unpaired) electrons. The molecular formula is C17H12N4. The number of nitrogens with zero attached hydrogens (tertiary/aromatic N) is 3. The van der Waals surface area contributed by atoms with Crippen molar-refractivity contribution in [2.24, 2.45) is 0 Å². The average molecular weight is 272 g/mol. The van der Waals surface area contributed by atoms with Gasteiger partial charge in [-0.2, -0.15) is 0 Å². The average Bonchev–Trinajstić information content (AvgIpc) is 2.55. The van der Waals surface area contributed by atoms with E-state index in [1.54, 1.807) is 6.20 Å². The lowest BCUT2D eigenvalue weighted by atomic mass is 10.0. The summed E-state index contributed by atoms with van der Waals surface area (Å²) in [5.41, 5.74) is 8.72. The van der Waals surface area contributed by atoms with Crippen molar-refractivity contribution in [2.45, 2.75) is 0 Å². The largest absolute Gasteiger partial charge is 0.382 e. The standard InChI is InChI=1S/C17H12N4/c18-17-14-6-2-1-5-13(14)16(20-21-17)12-7-3-9-15-11(12)8-4-10-19-15/h1-10H,(H2,18,21). The van der Waals surface area contributed by atoms with Crippen LogP contribution in [0.2, 0.25) is 0 Å². The zero-order valence-electron chi connectivity index (χ0n) is 11.2. The summed E-state index contributed by atoms with van der Waals surface area (Å²) in [4.78, 5) is 4.39. The number of rotatable bonds is 1. The molecule has 0 unspecified atom stereocenters. The molecule has 2 aromatic carbocycles. The van der Waals surface area contributed by atoms with Gasteiger partial charge in [-0.25, -0.2) is 0 Å². The third-order valence-corrected chi connectivity index (χ3v) is 3.62. The Labute approximate surface area is 121 Å². The van der Waals surface area contributed by atoms with Crippen molar-refractivity contribution in [3.05, 3.63) is 60.8 Å². The van der Waals surface area contributed by atoms with E-state index < -0.39 is 0 Å². The van der Waals surface area contributed by atoms with E-state index in [2.05, 4.69) is 15.2 Å². The molecular weight excluding hydrogens is 260 g/mol. The zero-order chi connectivity index (χ0) is 14.2. The lowest BCUT2D eigenvalue weighted by Gasteiger charge is -2.09. The second kappa shape index (κ2) is 4.52. The fraction of sp³-hybridized carbons (Fsp3) is 0. The predicted molar refractivity (Wildman–Crippen MR) is 84.7 cm³/mol. The van der Waals surface area contributed by atoms with Crippen LogP contribution in [0, 0.1) is 0 Å². The Morgan fingerprint density at radius 3 is 2.43 bits per heavy atom. The lowest BCUT2D eigenvalue weighted by Crippen LogP contribution is -1.97. The molecule has 0 saturated heterocycles. The fourth-order valence-electron chi connectivity index (χ4n) is 2.63. The van der Waals surface area contributed by atoms with Crippen molar-refractivity contribution < 1.29 is 0 Å². The van der Waals surface area contributed by atoms with Gasteiger partial charge in [-0.1, -0.05) is 42.5 Å². The van der Waals surface area contributed by atoms with Gasteiger partial charge < -0.3 is 5.73 Å². The molecule has 0 aliphatic carbocycles. The van der Waals surface area contributed by atoms with Gasteiger partial charge in [-0.15, -0.1) is 10.2 Å². The first kappa shape index (κ1) is 11.8. The molecule has 0 bridgehead atoms. The van der Waals surface area contributed by atoms with E-state index in [1.807, 2.05) is 54.6 Å². The molecule has 0 aliphatic heterocycles. The van der Waals surface area contributed by atoms with E-state index in [-0.39, 0.29) is 0 Å². The van der Waals surface area contributed by atoms with Gasteiger partial charge in [0.15, 0.2) is 5.82 Å². The predicted octanol–water partition coefficient (Wildman–Crippen LogP) is 3.43. The summed E-state index contributed by atoms with van der Waals surface area (Å²) in [6, 6.07) is 17.9. The molecule has 0 fully saturated rings. The maximum absolute atomic E-state index is 5.93. The van der Waals surface area contributed by atoms with E-state index in [1.165, 1.54) is 0 Å². The third kappa shape index (κ3) is 1.80. The minimum absolute atomic E-state index is 0.452. The van der Waals surface area contributed by atoms with Gasteiger partial charge in [-0.05, 0) is 12.1 Å². The van der Waals surface area contributed by atoms with Crippen molar-refractivity contribution >= 4 is 27.5 Å². The summed E-state index contributed by atoms with van der Waals surface area (Å²) in [6.45, 7) is 0. The van der Waals surface area contributed by atoms with Crippen LogP contribution < -0.4 is 5.73 Å². The van der Waals surface area contributed by atoms with Crippen LogP contribution in [0.25, 0.3) is 32.9 Å². The second-order valence-electron chi connectivity index (χ2n) is 4.86. The first-order chi connectivity index (χ1) is 10.3. The highest BCUT2D eigenvalue weighted by molar-refractivity contribution is 6.05. The van der Waals surface area contributed by atoms with Crippen molar-refractivity contribution in [1.82, 2.24) is 15.2 Å². The normalized spacial score (nSPS) is 11.0. The highest BCUT2D eigenvalue weighted by Crippen LogP contribution is 2.32. The van der Waals surface area contributed by atoms with Crippen molar-refractivity contribution in [3.8, 4) is 11.3 Å². The van der Waals surface area contributed by atoms with Crippen LogP contribution in [0.3, 0.4) is 0 Å². The van der Waals surface area contributed by atoms with Gasteiger partial charge in [0.2, 0.25) is 0 Å². The van der Waals surface area contributed by atoms with E-state index in [9.17, 15) is 0 Å². The number of benzene rings is 2. The van der Waals surface area contributed by atoms with E-state index >= 15 is 0 Å². The topological polar surface area (TPSA) is 64.7 Å². The van der Waals surface area contributed by atoms with Crippen molar-refractivity contribution in [3.63, 3.8) is 0 Å². The summed E-state index contributed by atoms with van der Waals surface area (Å²) in [6.07, 6.45) is 1.79. The number of pyridine rings is 1. The summed E-state index contributed by atoms with van der Waals surface area (Å²) in [5.74, 6) is 0.452. The van der Waals surface area contributed by atoms with E-state index in [0.29, 0.717) is 5.82 Å². The summed E-state index contributed by atoms with van der Waals surface area (Å²) >= 11 is 0. The van der Waals surface area contributed by atoms with Crippen LogP contribution in [-0.4, -0.2) is 15.2 Å². The molecule has 0 saturated carbocycles. The molecule has 0 amide bonds. The Hall–Kier alpha value is -3.01. The third-order valence-electron chi connectivity index (χ3n) is 3.62. The highest BCUT2D eigenvalue weighted by atomic mass is 15.1. The van der Waals surface area contributed by atoms with E-state index in [4.69, 9.17) is 5.73 Å². The maximum Gasteiger partial charge on any atom is 0.154 e. The second-order valence-corrected chi connectivity index (χ2v) is 4.86. The molecule has 4 rings (SSSR count). The first-order valence-corrected chi connectivity index (χ1v) is 6.69. The molecule has 0 atom stereocenters. The minimum Gasteiger partial charge on any atom is -0.382 e. The molecule has 4 aromatic rings. The van der Waals surface area contributed by atoms with Gasteiger partial charge >= 0.3 is 0 Å². The Kier molecular flexibility index (Phi) is 2.54. The minimum atomic E-state index is 0.452. The summed E-state index contributed by atoms with van der Waals surface area (Å²) in [5, 5.41) is 11.4. The van der Waals surface area contributed by atoms with Crippen LogP contribution in [0.15, 0.2) is 60.8 Å². The van der Waals surface area contributed by atoms with Gasteiger partial charge in [-0.3, -0.25) is 4.98 Å². The van der Waals surface area contributed by atoms with Crippen LogP contribution in [0.4, 0.5) is 5.82 Å². The number of anilines is 1. The number of aromatic nitrogens is 3. The lowest BCUT2D eigenvalue weighted by molar-refractivity contribution is 1.07. The smallest absolute Gasteiger partial charge is 0.154 e. The fourth-order valence-corrected chi connectivity index (χ4v) is 2.63. The molecule has 4 nitrogen and oxygen atoms in total. The molecule has 2 aromatic heterocycles. The Bertz CT molecular complexity index is 958. The van der Waals surface area contributed by atoms with Gasteiger partial charge in [0.25, 0.3) is 0 Å². The molecule has 21 heavy (non-hydrogen) atoms. The van der Waals surface area contributed by atoms with Gasteiger partial charge in [0, 0.05) is 27.9 Å². The number of hydrogen-bond acceptors (Lipinski definition) is 4. The Morgan fingerprint density at radius 1 is 0.714 bits per heavy atom. The molecule has 2 N–H and O–H groups in total. The molecule has 2 heterocycles. The van der Waals surface area contributed by atoms with Crippen LogP contribution in [0.5, 0.6) is 0 Å². The highest BCUT2D eigenvalue weighted by Gasteiger charge is 2.11.